The molecule has 0 aliphatic rings. The highest BCUT2D eigenvalue weighted by Gasteiger charge is 2.31. The zero-order valence-corrected chi connectivity index (χ0v) is 16.9. The molecule has 30 heavy (non-hydrogen) atoms. The van der Waals surface area contributed by atoms with Crippen LogP contribution in [0.25, 0.3) is 11.5 Å². The summed E-state index contributed by atoms with van der Waals surface area (Å²) in [5, 5.41) is 9.23. The molecule has 0 bridgehead atoms. The molecule has 0 aliphatic heterocycles. The van der Waals surface area contributed by atoms with Gasteiger partial charge in [-0.3, -0.25) is 9.55 Å². The highest BCUT2D eigenvalue weighted by Crippen LogP contribution is 2.34. The topological polar surface area (TPSA) is 56.7 Å². The molecule has 3 aromatic heterocycles. The molecule has 4 aromatic rings. The number of alkyl halides is 3. The summed E-state index contributed by atoms with van der Waals surface area (Å²) in [5.41, 5.74) is 0.248. The normalized spacial score (nSPS) is 11.7. The zero-order valence-electron chi connectivity index (χ0n) is 15.3. The average Bonchev–Trinajstić information content (AvgIpc) is 3.38. The number of aromatic nitrogens is 4. The van der Waals surface area contributed by atoms with Crippen LogP contribution in [0.5, 0.6) is 0 Å². The summed E-state index contributed by atoms with van der Waals surface area (Å²) in [4.78, 5) is 4.31. The number of hydrogen-bond donors (Lipinski definition) is 0. The monoisotopic (exact) mass is 450 g/mol. The maximum atomic E-state index is 13.0. The molecule has 4 rings (SSSR count). The Morgan fingerprint density at radius 1 is 1.07 bits per heavy atom. The number of benzene rings is 1. The van der Waals surface area contributed by atoms with Gasteiger partial charge in [-0.25, -0.2) is 0 Å². The summed E-state index contributed by atoms with van der Waals surface area (Å²) in [7, 11) is 0. The number of nitrogens with zero attached hydrogens (tertiary/aromatic N) is 4. The number of thioether (sulfide) groups is 1. The van der Waals surface area contributed by atoms with Crippen LogP contribution in [0.2, 0.25) is 5.02 Å². The van der Waals surface area contributed by atoms with E-state index < -0.39 is 11.7 Å². The van der Waals surface area contributed by atoms with E-state index in [9.17, 15) is 13.2 Å². The van der Waals surface area contributed by atoms with E-state index in [2.05, 4.69) is 15.2 Å². The van der Waals surface area contributed by atoms with Crippen molar-refractivity contribution in [2.24, 2.45) is 0 Å². The molecule has 154 valence electrons. The van der Waals surface area contributed by atoms with Crippen molar-refractivity contribution in [2.45, 2.75) is 23.6 Å². The third-order valence-corrected chi connectivity index (χ3v) is 5.62. The molecule has 10 heteroatoms. The van der Waals surface area contributed by atoms with Crippen molar-refractivity contribution in [1.82, 2.24) is 19.7 Å². The number of halogens is 4. The van der Waals surface area contributed by atoms with Crippen LogP contribution in [0.4, 0.5) is 13.2 Å². The molecular formula is C20H14ClF3N4OS. The summed E-state index contributed by atoms with van der Waals surface area (Å²) in [6.07, 6.45) is -1.22. The van der Waals surface area contributed by atoms with Crippen molar-refractivity contribution in [1.29, 1.82) is 0 Å². The molecule has 0 N–H and O–H groups in total. The van der Waals surface area contributed by atoms with Gasteiger partial charge in [0.1, 0.15) is 11.5 Å². The van der Waals surface area contributed by atoms with E-state index in [0.717, 1.165) is 12.1 Å². The lowest BCUT2D eigenvalue weighted by molar-refractivity contribution is -0.137. The Hall–Kier alpha value is -2.78. The first kappa shape index (κ1) is 20.5. The van der Waals surface area contributed by atoms with Gasteiger partial charge in [0.25, 0.3) is 0 Å². The fraction of sp³-hybridized carbons (Fsp3) is 0.150. The van der Waals surface area contributed by atoms with Crippen molar-refractivity contribution in [2.75, 3.05) is 0 Å². The van der Waals surface area contributed by atoms with Crippen LogP contribution in [0.3, 0.4) is 0 Å². The summed E-state index contributed by atoms with van der Waals surface area (Å²) < 4.78 is 46.4. The molecule has 0 fully saturated rings. The van der Waals surface area contributed by atoms with Gasteiger partial charge in [-0.15, -0.1) is 10.2 Å². The first-order valence-corrected chi connectivity index (χ1v) is 10.1. The first-order valence-electron chi connectivity index (χ1n) is 8.77. The molecule has 3 heterocycles. The van der Waals surface area contributed by atoms with Gasteiger partial charge in [0.2, 0.25) is 0 Å². The van der Waals surface area contributed by atoms with Crippen molar-refractivity contribution < 1.29 is 17.6 Å². The largest absolute Gasteiger partial charge is 0.467 e. The van der Waals surface area contributed by atoms with Crippen LogP contribution >= 0.6 is 23.4 Å². The van der Waals surface area contributed by atoms with Crippen molar-refractivity contribution in [3.63, 3.8) is 0 Å². The molecule has 5 nitrogen and oxygen atoms in total. The molecule has 1 aromatic carbocycles. The fourth-order valence-electron chi connectivity index (χ4n) is 2.78. The highest BCUT2D eigenvalue weighted by molar-refractivity contribution is 7.98. The predicted molar refractivity (Wildman–Crippen MR) is 107 cm³/mol. The fourth-order valence-corrected chi connectivity index (χ4v) is 3.98. The molecule has 0 atom stereocenters. The van der Waals surface area contributed by atoms with Crippen LogP contribution in [0.15, 0.2) is 70.6 Å². The summed E-state index contributed by atoms with van der Waals surface area (Å²) in [6.45, 7) is 0.352. The third-order valence-electron chi connectivity index (χ3n) is 4.23. The molecule has 0 aliphatic carbocycles. The molecule has 0 saturated carbocycles. The lowest BCUT2D eigenvalue weighted by Gasteiger charge is -2.11. The maximum Gasteiger partial charge on any atom is 0.416 e. The number of pyridine rings is 1. The SMILES string of the molecule is FC(F)(F)c1ccc(Cl)c(CSc2nnc(-c3ccccn3)n2Cc2ccco2)c1. The second-order valence-electron chi connectivity index (χ2n) is 6.28. The molecule has 0 saturated heterocycles. The van der Waals surface area contributed by atoms with Crippen LogP contribution in [0.1, 0.15) is 16.9 Å². The Labute approximate surface area is 178 Å². The summed E-state index contributed by atoms with van der Waals surface area (Å²) >= 11 is 7.36. The summed E-state index contributed by atoms with van der Waals surface area (Å²) in [6, 6.07) is 12.3. The second-order valence-corrected chi connectivity index (χ2v) is 7.63. The van der Waals surface area contributed by atoms with Crippen molar-refractivity contribution in [3.05, 3.63) is 82.9 Å². The Bertz CT molecular complexity index is 1130. The van der Waals surface area contributed by atoms with Gasteiger partial charge in [0.05, 0.1) is 18.4 Å². The average molecular weight is 451 g/mol. The number of furan rings is 1. The van der Waals surface area contributed by atoms with Gasteiger partial charge < -0.3 is 4.42 Å². The lowest BCUT2D eigenvalue weighted by Crippen LogP contribution is -2.06. The quantitative estimate of drug-likeness (QED) is 0.340. The van der Waals surface area contributed by atoms with Crippen molar-refractivity contribution >= 4 is 23.4 Å². The van der Waals surface area contributed by atoms with E-state index >= 15 is 0 Å². The summed E-state index contributed by atoms with van der Waals surface area (Å²) in [5.74, 6) is 1.41. The van der Waals surface area contributed by atoms with Gasteiger partial charge in [0, 0.05) is 17.0 Å². The molecule has 0 radical (unpaired) electrons. The highest BCUT2D eigenvalue weighted by atomic mass is 35.5. The number of hydrogen-bond acceptors (Lipinski definition) is 5. The maximum absolute atomic E-state index is 13.0. The van der Waals surface area contributed by atoms with Gasteiger partial charge in [-0.2, -0.15) is 13.2 Å². The van der Waals surface area contributed by atoms with Crippen LogP contribution in [-0.2, 0) is 18.5 Å². The van der Waals surface area contributed by atoms with E-state index in [1.54, 1.807) is 30.7 Å². The third kappa shape index (κ3) is 4.52. The first-order chi connectivity index (χ1) is 14.4. The Kier molecular flexibility index (Phi) is 5.83. The zero-order chi connectivity index (χ0) is 21.1. The Morgan fingerprint density at radius 2 is 1.93 bits per heavy atom. The van der Waals surface area contributed by atoms with Crippen LogP contribution in [-0.4, -0.2) is 19.7 Å². The van der Waals surface area contributed by atoms with Crippen molar-refractivity contribution in [3.8, 4) is 11.5 Å². The minimum absolute atomic E-state index is 0.196. The van der Waals surface area contributed by atoms with E-state index in [1.165, 1.54) is 17.8 Å². The second kappa shape index (κ2) is 8.53. The standard InChI is InChI=1S/C20H14ClF3N4OS/c21-16-7-6-14(20(22,23)24)10-13(16)12-30-19-27-26-18(17-5-1-2-8-25-17)28(19)11-15-4-3-9-29-15/h1-10H,11-12H2. The van der Waals surface area contributed by atoms with E-state index in [-0.39, 0.29) is 10.8 Å². The smallest absolute Gasteiger partial charge is 0.416 e. The van der Waals surface area contributed by atoms with Gasteiger partial charge in [-0.05, 0) is 48.0 Å². The van der Waals surface area contributed by atoms with Crippen LogP contribution < -0.4 is 0 Å². The van der Waals surface area contributed by atoms with E-state index in [1.807, 2.05) is 16.7 Å². The van der Waals surface area contributed by atoms with Gasteiger partial charge in [-0.1, -0.05) is 29.4 Å². The Morgan fingerprint density at radius 3 is 2.63 bits per heavy atom. The van der Waals surface area contributed by atoms with Gasteiger partial charge >= 0.3 is 6.18 Å². The molecule has 0 spiro atoms. The molecule has 0 amide bonds. The minimum Gasteiger partial charge on any atom is -0.467 e. The molecule has 0 unspecified atom stereocenters. The van der Waals surface area contributed by atoms with E-state index in [0.29, 0.717) is 34.5 Å². The minimum atomic E-state index is -4.44. The Balaban J connectivity index is 1.64. The number of rotatable bonds is 6. The molecular weight excluding hydrogens is 437 g/mol. The lowest BCUT2D eigenvalue weighted by atomic mass is 10.1. The van der Waals surface area contributed by atoms with Crippen LogP contribution in [0, 0.1) is 0 Å². The van der Waals surface area contributed by atoms with E-state index in [4.69, 9.17) is 16.0 Å². The predicted octanol–water partition coefficient (Wildman–Crippen LogP) is 5.95. The van der Waals surface area contributed by atoms with Gasteiger partial charge in [0.15, 0.2) is 11.0 Å².